The smallest absolute Gasteiger partial charge is 0.257 e. The molecule has 2 unspecified atom stereocenters. The van der Waals surface area contributed by atoms with Gasteiger partial charge in [-0.2, -0.15) is 0 Å². The van der Waals surface area contributed by atoms with Gasteiger partial charge < -0.3 is 10.0 Å². The fourth-order valence-corrected chi connectivity index (χ4v) is 3.69. The van der Waals surface area contributed by atoms with E-state index < -0.39 is 0 Å². The van der Waals surface area contributed by atoms with E-state index in [0.29, 0.717) is 24.3 Å². The number of piperidine rings is 1. The number of carbonyl (C=O) groups excluding carboxylic acids is 2. The second kappa shape index (κ2) is 5.88. The van der Waals surface area contributed by atoms with Crippen LogP contribution in [0, 0.1) is 5.92 Å². The number of carbonyl (C=O) groups is 2. The molecular formula is C17H21NO3. The second-order valence-corrected chi connectivity index (χ2v) is 6.04. The normalized spacial score (nSPS) is 26.1. The molecule has 21 heavy (non-hydrogen) atoms. The summed E-state index contributed by atoms with van der Waals surface area (Å²) in [5.41, 5.74) is 0.342. The minimum absolute atomic E-state index is 0.0000973. The number of nitrogens with zero attached hydrogens (tertiary/aromatic N) is 1. The molecule has 0 radical (unpaired) electrons. The van der Waals surface area contributed by atoms with Crippen molar-refractivity contribution in [2.45, 2.75) is 44.6 Å². The third-order valence-corrected chi connectivity index (χ3v) is 4.76. The van der Waals surface area contributed by atoms with Crippen molar-refractivity contribution in [1.29, 1.82) is 0 Å². The van der Waals surface area contributed by atoms with Gasteiger partial charge in [0, 0.05) is 24.9 Å². The van der Waals surface area contributed by atoms with E-state index in [1.807, 2.05) is 4.90 Å². The number of rotatable bonds is 2. The minimum atomic E-state index is -0.141. The standard InChI is InChI=1S/C17H21NO3/c19-15-10-5-7-12(15)14-8-3-4-11-18(14)17(21)13-6-1-2-9-16(13)20/h1-2,6,9,12,14,20H,3-5,7-8,10-11H2. The van der Waals surface area contributed by atoms with Gasteiger partial charge in [-0.25, -0.2) is 0 Å². The number of para-hydroxylation sites is 1. The summed E-state index contributed by atoms with van der Waals surface area (Å²) in [5, 5.41) is 9.90. The summed E-state index contributed by atoms with van der Waals surface area (Å²) in [4.78, 5) is 26.6. The number of hydrogen-bond acceptors (Lipinski definition) is 3. The third kappa shape index (κ3) is 2.67. The van der Waals surface area contributed by atoms with E-state index in [2.05, 4.69) is 0 Å². The summed E-state index contributed by atoms with van der Waals surface area (Å²) in [6.45, 7) is 0.682. The highest BCUT2D eigenvalue weighted by molar-refractivity contribution is 5.97. The highest BCUT2D eigenvalue weighted by atomic mass is 16.3. The Morgan fingerprint density at radius 1 is 1.14 bits per heavy atom. The molecule has 0 aromatic heterocycles. The average molecular weight is 287 g/mol. The number of hydrogen-bond donors (Lipinski definition) is 1. The predicted octanol–water partition coefficient (Wildman–Crippen LogP) is 2.76. The first-order valence-corrected chi connectivity index (χ1v) is 7.80. The van der Waals surface area contributed by atoms with Crippen molar-refractivity contribution in [3.63, 3.8) is 0 Å². The lowest BCUT2D eigenvalue weighted by Gasteiger charge is -2.38. The highest BCUT2D eigenvalue weighted by Crippen LogP contribution is 2.34. The summed E-state index contributed by atoms with van der Waals surface area (Å²) in [6.07, 6.45) is 5.43. The first kappa shape index (κ1) is 14.1. The van der Waals surface area contributed by atoms with Gasteiger partial charge in [0.15, 0.2) is 0 Å². The molecule has 2 aliphatic rings. The lowest BCUT2D eigenvalue weighted by Crippen LogP contribution is -2.48. The molecule has 1 saturated carbocycles. The molecule has 3 rings (SSSR count). The van der Waals surface area contributed by atoms with Crippen LogP contribution in [0.4, 0.5) is 0 Å². The van der Waals surface area contributed by atoms with Gasteiger partial charge >= 0.3 is 0 Å². The molecule has 1 saturated heterocycles. The number of Topliss-reactive ketones (excluding diaryl/α,β-unsaturated/α-hetero) is 1. The molecule has 1 aliphatic carbocycles. The van der Waals surface area contributed by atoms with Gasteiger partial charge in [0.2, 0.25) is 0 Å². The molecule has 2 atom stereocenters. The topological polar surface area (TPSA) is 57.6 Å². The molecule has 4 nitrogen and oxygen atoms in total. The van der Waals surface area contributed by atoms with Crippen molar-refractivity contribution in [1.82, 2.24) is 4.90 Å². The van der Waals surface area contributed by atoms with E-state index in [1.54, 1.807) is 18.2 Å². The number of phenolic OH excluding ortho intramolecular Hbond substituents is 1. The number of benzene rings is 1. The number of aromatic hydroxyl groups is 1. The number of likely N-dealkylation sites (tertiary alicyclic amines) is 1. The summed E-state index contributed by atoms with van der Waals surface area (Å²) in [7, 11) is 0. The lowest BCUT2D eigenvalue weighted by atomic mass is 9.88. The van der Waals surface area contributed by atoms with Gasteiger partial charge in [-0.3, -0.25) is 9.59 Å². The van der Waals surface area contributed by atoms with Crippen LogP contribution in [-0.4, -0.2) is 34.3 Å². The maximum Gasteiger partial charge on any atom is 0.257 e. The summed E-state index contributed by atoms with van der Waals surface area (Å²) in [5.74, 6) is 0.180. The van der Waals surface area contributed by atoms with E-state index in [4.69, 9.17) is 0 Å². The van der Waals surface area contributed by atoms with Gasteiger partial charge in [-0.15, -0.1) is 0 Å². The maximum absolute atomic E-state index is 12.7. The van der Waals surface area contributed by atoms with Gasteiger partial charge in [-0.1, -0.05) is 12.1 Å². The first-order valence-electron chi connectivity index (χ1n) is 7.80. The quantitative estimate of drug-likeness (QED) is 0.910. The Hall–Kier alpha value is -1.84. The molecular weight excluding hydrogens is 266 g/mol. The van der Waals surface area contributed by atoms with E-state index in [1.165, 1.54) is 6.07 Å². The van der Waals surface area contributed by atoms with Crippen molar-refractivity contribution < 1.29 is 14.7 Å². The lowest BCUT2D eigenvalue weighted by molar-refractivity contribution is -0.122. The zero-order valence-electron chi connectivity index (χ0n) is 12.1. The fourth-order valence-electron chi connectivity index (χ4n) is 3.69. The first-order chi connectivity index (χ1) is 10.2. The highest BCUT2D eigenvalue weighted by Gasteiger charge is 2.39. The minimum Gasteiger partial charge on any atom is -0.507 e. The van der Waals surface area contributed by atoms with Crippen LogP contribution in [0.25, 0.3) is 0 Å². The molecule has 112 valence electrons. The SMILES string of the molecule is O=C1CCCC1C1CCCCN1C(=O)c1ccccc1O. The number of ketones is 1. The summed E-state index contributed by atoms with van der Waals surface area (Å²) < 4.78 is 0. The molecule has 1 amide bonds. The average Bonchev–Trinajstić information content (AvgIpc) is 2.93. The Labute approximate surface area is 124 Å². The Morgan fingerprint density at radius 3 is 2.67 bits per heavy atom. The monoisotopic (exact) mass is 287 g/mol. The van der Waals surface area contributed by atoms with Gasteiger partial charge in [0.25, 0.3) is 5.91 Å². The van der Waals surface area contributed by atoms with Crippen LogP contribution < -0.4 is 0 Å². The Bertz CT molecular complexity index is 555. The van der Waals surface area contributed by atoms with Crippen LogP contribution in [0.5, 0.6) is 5.75 Å². The van der Waals surface area contributed by atoms with E-state index in [0.717, 1.165) is 32.1 Å². The maximum atomic E-state index is 12.7. The molecule has 2 fully saturated rings. The van der Waals surface area contributed by atoms with Crippen LogP contribution in [0.3, 0.4) is 0 Å². The molecule has 4 heteroatoms. The number of amides is 1. The van der Waals surface area contributed by atoms with Crippen molar-refractivity contribution in [2.75, 3.05) is 6.54 Å². The van der Waals surface area contributed by atoms with Crippen LogP contribution in [0.2, 0.25) is 0 Å². The largest absolute Gasteiger partial charge is 0.507 e. The predicted molar refractivity (Wildman–Crippen MR) is 79.1 cm³/mol. The van der Waals surface area contributed by atoms with Gasteiger partial charge in [-0.05, 0) is 44.2 Å². The molecule has 1 aliphatic heterocycles. The zero-order chi connectivity index (χ0) is 14.8. The Kier molecular flexibility index (Phi) is 3.95. The van der Waals surface area contributed by atoms with Crippen LogP contribution >= 0.6 is 0 Å². The van der Waals surface area contributed by atoms with Gasteiger partial charge in [0.05, 0.1) is 5.56 Å². The molecule has 1 heterocycles. The zero-order valence-corrected chi connectivity index (χ0v) is 12.1. The van der Waals surface area contributed by atoms with E-state index in [-0.39, 0.29) is 23.6 Å². The van der Waals surface area contributed by atoms with Crippen molar-refractivity contribution in [3.8, 4) is 5.75 Å². The summed E-state index contributed by atoms with van der Waals surface area (Å²) in [6, 6.07) is 6.67. The van der Waals surface area contributed by atoms with E-state index in [9.17, 15) is 14.7 Å². The Balaban J connectivity index is 1.86. The molecule has 1 N–H and O–H groups in total. The van der Waals surface area contributed by atoms with Crippen LogP contribution in [0.1, 0.15) is 48.9 Å². The Morgan fingerprint density at radius 2 is 1.95 bits per heavy atom. The van der Waals surface area contributed by atoms with Crippen LogP contribution in [0.15, 0.2) is 24.3 Å². The second-order valence-electron chi connectivity index (χ2n) is 6.04. The van der Waals surface area contributed by atoms with E-state index >= 15 is 0 Å². The molecule has 0 bridgehead atoms. The van der Waals surface area contributed by atoms with Crippen LogP contribution in [-0.2, 0) is 4.79 Å². The van der Waals surface area contributed by atoms with Crippen molar-refractivity contribution in [3.05, 3.63) is 29.8 Å². The van der Waals surface area contributed by atoms with Gasteiger partial charge in [0.1, 0.15) is 11.5 Å². The van der Waals surface area contributed by atoms with Crippen molar-refractivity contribution >= 4 is 11.7 Å². The molecule has 0 spiro atoms. The van der Waals surface area contributed by atoms with Crippen molar-refractivity contribution in [2.24, 2.45) is 5.92 Å². The molecule has 1 aromatic carbocycles. The fraction of sp³-hybridized carbons (Fsp3) is 0.529. The third-order valence-electron chi connectivity index (χ3n) is 4.76. The summed E-state index contributed by atoms with van der Waals surface area (Å²) >= 11 is 0. The molecule has 1 aromatic rings. The number of phenols is 1.